The van der Waals surface area contributed by atoms with Gasteiger partial charge in [0.15, 0.2) is 0 Å². The van der Waals surface area contributed by atoms with Crippen LogP contribution in [0.15, 0.2) is 48.5 Å². The van der Waals surface area contributed by atoms with Gasteiger partial charge < -0.3 is 10.1 Å². The average molecular weight is 367 g/mol. The second-order valence-electron chi connectivity index (χ2n) is 5.96. The zero-order valence-electron chi connectivity index (χ0n) is 15.1. The third-order valence-corrected chi connectivity index (χ3v) is 4.13. The lowest BCUT2D eigenvalue weighted by atomic mass is 10.1. The number of anilines is 1. The highest BCUT2D eigenvalue weighted by Gasteiger charge is 2.20. The molecule has 0 bridgehead atoms. The molecular formula is C20H18FN3O3. The van der Waals surface area contributed by atoms with Crippen LogP contribution in [0.1, 0.15) is 32.1 Å². The fraction of sp³-hybridized carbons (Fsp3) is 0.150. The van der Waals surface area contributed by atoms with E-state index in [1.54, 1.807) is 54.9 Å². The summed E-state index contributed by atoms with van der Waals surface area (Å²) in [7, 11) is 1.30. The van der Waals surface area contributed by atoms with Gasteiger partial charge in [-0.15, -0.1) is 0 Å². The van der Waals surface area contributed by atoms with Gasteiger partial charge in [-0.2, -0.15) is 5.10 Å². The molecule has 0 fully saturated rings. The Bertz CT molecular complexity index is 1010. The molecule has 1 N–H and O–H groups in total. The molecule has 138 valence electrons. The van der Waals surface area contributed by atoms with Crippen molar-refractivity contribution in [1.82, 2.24) is 9.78 Å². The molecule has 2 aromatic carbocycles. The number of ether oxygens (including phenoxy) is 1. The number of nitrogens with one attached hydrogen (secondary N) is 1. The number of aromatic nitrogens is 2. The van der Waals surface area contributed by atoms with E-state index >= 15 is 0 Å². The minimum atomic E-state index is -0.484. The fourth-order valence-electron chi connectivity index (χ4n) is 2.84. The monoisotopic (exact) mass is 367 g/mol. The van der Waals surface area contributed by atoms with Crippen LogP contribution in [-0.4, -0.2) is 28.8 Å². The second kappa shape index (κ2) is 7.41. The van der Waals surface area contributed by atoms with Crippen LogP contribution < -0.4 is 5.32 Å². The molecule has 0 aliphatic heterocycles. The number of amides is 1. The Balaban J connectivity index is 1.90. The normalized spacial score (nSPS) is 10.5. The highest BCUT2D eigenvalue weighted by atomic mass is 19.1. The smallest absolute Gasteiger partial charge is 0.337 e. The van der Waals surface area contributed by atoms with Crippen molar-refractivity contribution < 1.29 is 18.7 Å². The molecule has 1 amide bonds. The zero-order chi connectivity index (χ0) is 19.6. The van der Waals surface area contributed by atoms with Gasteiger partial charge in [-0.1, -0.05) is 6.07 Å². The SMILES string of the molecule is COC(=O)c1cccc(NC(=O)c2c(C)nn(-c3ccc(F)cc3)c2C)c1. The molecule has 6 nitrogen and oxygen atoms in total. The summed E-state index contributed by atoms with van der Waals surface area (Å²) in [4.78, 5) is 24.4. The van der Waals surface area contributed by atoms with Crippen LogP contribution in [-0.2, 0) is 4.74 Å². The van der Waals surface area contributed by atoms with Crippen molar-refractivity contribution >= 4 is 17.6 Å². The van der Waals surface area contributed by atoms with Crippen LogP contribution in [0.4, 0.5) is 10.1 Å². The number of hydrogen-bond acceptors (Lipinski definition) is 4. The maximum absolute atomic E-state index is 13.1. The predicted octanol–water partition coefficient (Wildman–Crippen LogP) is 3.67. The van der Waals surface area contributed by atoms with Gasteiger partial charge in [0, 0.05) is 5.69 Å². The van der Waals surface area contributed by atoms with Crippen molar-refractivity contribution in [3.8, 4) is 5.69 Å². The van der Waals surface area contributed by atoms with E-state index in [4.69, 9.17) is 0 Å². The number of esters is 1. The van der Waals surface area contributed by atoms with Gasteiger partial charge in [-0.25, -0.2) is 13.9 Å². The molecule has 0 aliphatic rings. The predicted molar refractivity (Wildman–Crippen MR) is 98.7 cm³/mol. The number of rotatable bonds is 4. The van der Waals surface area contributed by atoms with Crippen LogP contribution in [0.5, 0.6) is 0 Å². The van der Waals surface area contributed by atoms with Crippen molar-refractivity contribution in [3.63, 3.8) is 0 Å². The summed E-state index contributed by atoms with van der Waals surface area (Å²) in [5.74, 6) is -1.17. The Morgan fingerprint density at radius 3 is 2.48 bits per heavy atom. The standard InChI is InChI=1S/C20H18FN3O3/c1-12-18(13(2)24(23-12)17-9-7-15(21)8-10-17)19(25)22-16-6-4-5-14(11-16)20(26)27-3/h4-11H,1-3H3,(H,22,25). The van der Waals surface area contributed by atoms with E-state index in [1.165, 1.54) is 19.2 Å². The molecule has 7 heteroatoms. The molecule has 3 aromatic rings. The third kappa shape index (κ3) is 3.72. The van der Waals surface area contributed by atoms with E-state index in [9.17, 15) is 14.0 Å². The Hall–Kier alpha value is -3.48. The summed E-state index contributed by atoms with van der Waals surface area (Å²) in [6.07, 6.45) is 0. The van der Waals surface area contributed by atoms with E-state index in [0.29, 0.717) is 33.9 Å². The summed E-state index contributed by atoms with van der Waals surface area (Å²) in [5, 5.41) is 7.16. The van der Waals surface area contributed by atoms with Crippen LogP contribution in [0.3, 0.4) is 0 Å². The lowest BCUT2D eigenvalue weighted by Crippen LogP contribution is -2.14. The maximum Gasteiger partial charge on any atom is 0.337 e. The molecule has 0 saturated carbocycles. The first-order chi connectivity index (χ1) is 12.9. The molecule has 0 radical (unpaired) electrons. The molecule has 3 rings (SSSR count). The Labute approximate surface area is 155 Å². The molecule has 0 unspecified atom stereocenters. The second-order valence-corrected chi connectivity index (χ2v) is 5.96. The quantitative estimate of drug-likeness (QED) is 0.714. The van der Waals surface area contributed by atoms with E-state index in [2.05, 4.69) is 15.2 Å². The largest absolute Gasteiger partial charge is 0.465 e. The number of halogens is 1. The topological polar surface area (TPSA) is 73.2 Å². The van der Waals surface area contributed by atoms with Gasteiger partial charge in [-0.3, -0.25) is 4.79 Å². The third-order valence-electron chi connectivity index (χ3n) is 4.13. The Kier molecular flexibility index (Phi) is 5.03. The number of benzene rings is 2. The molecule has 1 aromatic heterocycles. The molecule has 0 spiro atoms. The van der Waals surface area contributed by atoms with Gasteiger partial charge in [0.1, 0.15) is 5.82 Å². The van der Waals surface area contributed by atoms with E-state index in [1.807, 2.05) is 0 Å². The van der Waals surface area contributed by atoms with Crippen molar-refractivity contribution in [1.29, 1.82) is 0 Å². The van der Waals surface area contributed by atoms with E-state index in [0.717, 1.165) is 0 Å². The fourth-order valence-corrected chi connectivity index (χ4v) is 2.84. The molecule has 27 heavy (non-hydrogen) atoms. The van der Waals surface area contributed by atoms with Gasteiger partial charge >= 0.3 is 5.97 Å². The lowest BCUT2D eigenvalue weighted by molar-refractivity contribution is 0.0600. The number of nitrogens with zero attached hydrogens (tertiary/aromatic N) is 2. The summed E-state index contributed by atoms with van der Waals surface area (Å²) in [6.45, 7) is 3.50. The first kappa shape index (κ1) is 18.3. The van der Waals surface area contributed by atoms with Crippen LogP contribution >= 0.6 is 0 Å². The van der Waals surface area contributed by atoms with Crippen molar-refractivity contribution in [2.75, 3.05) is 12.4 Å². The van der Waals surface area contributed by atoms with Crippen LogP contribution in [0.2, 0.25) is 0 Å². The van der Waals surface area contributed by atoms with E-state index in [-0.39, 0.29) is 11.7 Å². The summed E-state index contributed by atoms with van der Waals surface area (Å²) >= 11 is 0. The minimum Gasteiger partial charge on any atom is -0.465 e. The van der Waals surface area contributed by atoms with Gasteiger partial charge in [0.25, 0.3) is 5.91 Å². The number of carbonyl (C=O) groups excluding carboxylic acids is 2. The van der Waals surface area contributed by atoms with Crippen molar-refractivity contribution in [2.24, 2.45) is 0 Å². The highest BCUT2D eigenvalue weighted by molar-refractivity contribution is 6.06. The molecule has 0 atom stereocenters. The zero-order valence-corrected chi connectivity index (χ0v) is 15.1. The first-order valence-corrected chi connectivity index (χ1v) is 8.22. The summed E-state index contributed by atoms with van der Waals surface area (Å²) < 4.78 is 19.4. The van der Waals surface area contributed by atoms with Crippen molar-refractivity contribution in [2.45, 2.75) is 13.8 Å². The molecule has 0 saturated heterocycles. The van der Waals surface area contributed by atoms with Gasteiger partial charge in [0.2, 0.25) is 0 Å². The number of methoxy groups -OCH3 is 1. The van der Waals surface area contributed by atoms with Crippen LogP contribution in [0, 0.1) is 19.7 Å². The van der Waals surface area contributed by atoms with Crippen LogP contribution in [0.25, 0.3) is 5.69 Å². The maximum atomic E-state index is 13.1. The number of carbonyl (C=O) groups is 2. The molecule has 1 heterocycles. The highest BCUT2D eigenvalue weighted by Crippen LogP contribution is 2.20. The minimum absolute atomic E-state index is 0.339. The van der Waals surface area contributed by atoms with Gasteiger partial charge in [-0.05, 0) is 56.3 Å². The Morgan fingerprint density at radius 1 is 1.11 bits per heavy atom. The number of hydrogen-bond donors (Lipinski definition) is 1. The summed E-state index contributed by atoms with van der Waals surface area (Å²) in [6, 6.07) is 12.3. The Morgan fingerprint density at radius 2 is 1.81 bits per heavy atom. The molecule has 0 aliphatic carbocycles. The average Bonchev–Trinajstić information content (AvgIpc) is 2.96. The van der Waals surface area contributed by atoms with Crippen molar-refractivity contribution in [3.05, 3.63) is 76.9 Å². The number of aryl methyl sites for hydroxylation is 1. The van der Waals surface area contributed by atoms with E-state index < -0.39 is 5.97 Å². The molecular weight excluding hydrogens is 349 g/mol. The first-order valence-electron chi connectivity index (χ1n) is 8.22. The summed E-state index contributed by atoms with van der Waals surface area (Å²) in [5.41, 5.74) is 3.05. The van der Waals surface area contributed by atoms with Gasteiger partial charge in [0.05, 0.1) is 35.3 Å². The lowest BCUT2D eigenvalue weighted by Gasteiger charge is -2.08.